The normalized spacial score (nSPS) is 33.6. The van der Waals surface area contributed by atoms with Crippen LogP contribution in [0.15, 0.2) is 11.1 Å². The molecular weight excluding hydrogens is 172 g/mol. The van der Waals surface area contributed by atoms with Gasteiger partial charge in [0, 0.05) is 12.5 Å². The fourth-order valence-electron chi connectivity index (χ4n) is 3.35. The standard InChI is InChI=1S/C13H22O/c1-12(2)5-6-13(3,4)11(12)10-7-9(10)8-14/h9,14H,5-8H2,1-4H3/t9-/m0/s1. The summed E-state index contributed by atoms with van der Waals surface area (Å²) in [6.45, 7) is 9.78. The molecule has 0 aromatic heterocycles. The Bertz CT molecular complexity index is 266. The van der Waals surface area contributed by atoms with Crippen molar-refractivity contribution in [1.82, 2.24) is 0 Å². The van der Waals surface area contributed by atoms with E-state index in [9.17, 15) is 0 Å². The summed E-state index contributed by atoms with van der Waals surface area (Å²) in [4.78, 5) is 0. The predicted octanol–water partition coefficient (Wildman–Crippen LogP) is 3.14. The second-order valence-electron chi connectivity index (χ2n) is 6.25. The Morgan fingerprint density at radius 3 is 2.00 bits per heavy atom. The van der Waals surface area contributed by atoms with Crippen LogP contribution in [0, 0.1) is 16.7 Å². The van der Waals surface area contributed by atoms with E-state index < -0.39 is 0 Å². The van der Waals surface area contributed by atoms with Crippen LogP contribution in [0.4, 0.5) is 0 Å². The van der Waals surface area contributed by atoms with Crippen LogP contribution in [-0.2, 0) is 0 Å². The molecule has 0 spiro atoms. The van der Waals surface area contributed by atoms with E-state index in [1.807, 2.05) is 0 Å². The summed E-state index contributed by atoms with van der Waals surface area (Å²) in [5.41, 5.74) is 3.98. The van der Waals surface area contributed by atoms with E-state index in [1.165, 1.54) is 12.8 Å². The Kier molecular flexibility index (Phi) is 2.08. The van der Waals surface area contributed by atoms with Crippen molar-refractivity contribution in [3.05, 3.63) is 11.1 Å². The Labute approximate surface area is 87.2 Å². The molecule has 2 saturated carbocycles. The first-order valence-corrected chi connectivity index (χ1v) is 5.73. The third-order valence-electron chi connectivity index (χ3n) is 4.07. The molecule has 0 saturated heterocycles. The zero-order chi connectivity index (χ0) is 10.6. The summed E-state index contributed by atoms with van der Waals surface area (Å²) in [6, 6.07) is 0. The van der Waals surface area contributed by atoms with Gasteiger partial charge < -0.3 is 5.11 Å². The average molecular weight is 194 g/mol. The molecule has 1 nitrogen and oxygen atoms in total. The predicted molar refractivity (Wildman–Crippen MR) is 59.0 cm³/mol. The Balaban J connectivity index is 2.36. The van der Waals surface area contributed by atoms with E-state index in [-0.39, 0.29) is 0 Å². The molecule has 0 heterocycles. The van der Waals surface area contributed by atoms with Crippen molar-refractivity contribution in [2.45, 2.75) is 47.0 Å². The number of aliphatic hydroxyl groups excluding tert-OH is 1. The number of allylic oxidation sites excluding steroid dienone is 1. The zero-order valence-corrected chi connectivity index (χ0v) is 9.85. The first kappa shape index (κ1) is 10.2. The molecule has 0 radical (unpaired) electrons. The number of rotatable bonds is 1. The van der Waals surface area contributed by atoms with Crippen molar-refractivity contribution in [3.8, 4) is 0 Å². The first-order valence-electron chi connectivity index (χ1n) is 5.73. The second-order valence-corrected chi connectivity index (χ2v) is 6.25. The van der Waals surface area contributed by atoms with Gasteiger partial charge in [-0.1, -0.05) is 38.8 Å². The smallest absolute Gasteiger partial charge is 0.0499 e. The molecule has 80 valence electrons. The molecule has 1 heteroatoms. The minimum atomic E-state index is 0.352. The summed E-state index contributed by atoms with van der Waals surface area (Å²) in [7, 11) is 0. The van der Waals surface area contributed by atoms with Gasteiger partial charge in [-0.25, -0.2) is 0 Å². The number of aliphatic hydroxyl groups is 1. The van der Waals surface area contributed by atoms with Crippen molar-refractivity contribution in [2.24, 2.45) is 16.7 Å². The van der Waals surface area contributed by atoms with Crippen molar-refractivity contribution >= 4 is 0 Å². The van der Waals surface area contributed by atoms with E-state index in [0.29, 0.717) is 23.4 Å². The van der Waals surface area contributed by atoms with Crippen LogP contribution in [0.5, 0.6) is 0 Å². The summed E-state index contributed by atoms with van der Waals surface area (Å²) in [5, 5.41) is 9.14. The third kappa shape index (κ3) is 1.42. The van der Waals surface area contributed by atoms with Gasteiger partial charge in [-0.2, -0.15) is 0 Å². The van der Waals surface area contributed by atoms with Gasteiger partial charge in [-0.3, -0.25) is 0 Å². The van der Waals surface area contributed by atoms with Crippen LogP contribution in [-0.4, -0.2) is 11.7 Å². The minimum Gasteiger partial charge on any atom is -0.396 e. The van der Waals surface area contributed by atoms with Crippen LogP contribution in [0.3, 0.4) is 0 Å². The quantitative estimate of drug-likeness (QED) is 0.636. The van der Waals surface area contributed by atoms with Crippen LogP contribution in [0.25, 0.3) is 0 Å². The molecule has 2 aliphatic rings. The molecular formula is C13H22O. The highest BCUT2D eigenvalue weighted by Crippen LogP contribution is 2.59. The van der Waals surface area contributed by atoms with Crippen molar-refractivity contribution in [1.29, 1.82) is 0 Å². The van der Waals surface area contributed by atoms with E-state index in [0.717, 1.165) is 6.42 Å². The van der Waals surface area contributed by atoms with Gasteiger partial charge in [0.15, 0.2) is 0 Å². The summed E-state index contributed by atoms with van der Waals surface area (Å²) >= 11 is 0. The summed E-state index contributed by atoms with van der Waals surface area (Å²) in [5.74, 6) is 0.502. The molecule has 2 aliphatic carbocycles. The summed E-state index contributed by atoms with van der Waals surface area (Å²) in [6.07, 6.45) is 3.76. The lowest BCUT2D eigenvalue weighted by molar-refractivity contribution is 0.280. The lowest BCUT2D eigenvalue weighted by atomic mass is 9.77. The molecule has 0 aromatic carbocycles. The molecule has 0 unspecified atom stereocenters. The Morgan fingerprint density at radius 2 is 1.64 bits per heavy atom. The molecule has 1 atom stereocenters. The molecule has 0 amide bonds. The highest BCUT2D eigenvalue weighted by molar-refractivity contribution is 5.39. The van der Waals surface area contributed by atoms with Crippen LogP contribution >= 0.6 is 0 Å². The lowest BCUT2D eigenvalue weighted by Gasteiger charge is -2.28. The highest BCUT2D eigenvalue weighted by Gasteiger charge is 2.47. The van der Waals surface area contributed by atoms with E-state index >= 15 is 0 Å². The zero-order valence-electron chi connectivity index (χ0n) is 9.85. The van der Waals surface area contributed by atoms with Gasteiger partial charge >= 0.3 is 0 Å². The van der Waals surface area contributed by atoms with E-state index in [4.69, 9.17) is 5.11 Å². The molecule has 14 heavy (non-hydrogen) atoms. The summed E-state index contributed by atoms with van der Waals surface area (Å²) < 4.78 is 0. The van der Waals surface area contributed by atoms with Gasteiger partial charge in [0.1, 0.15) is 0 Å². The maximum Gasteiger partial charge on any atom is 0.0499 e. The van der Waals surface area contributed by atoms with Crippen LogP contribution < -0.4 is 0 Å². The number of hydrogen-bond acceptors (Lipinski definition) is 1. The largest absolute Gasteiger partial charge is 0.396 e. The second kappa shape index (κ2) is 2.85. The first-order chi connectivity index (χ1) is 6.38. The van der Waals surface area contributed by atoms with Crippen molar-refractivity contribution < 1.29 is 5.11 Å². The fourth-order valence-corrected chi connectivity index (χ4v) is 3.35. The maximum atomic E-state index is 9.14. The monoisotopic (exact) mass is 194 g/mol. The fraction of sp³-hybridized carbons (Fsp3) is 0.846. The minimum absolute atomic E-state index is 0.352. The molecule has 0 bridgehead atoms. The van der Waals surface area contributed by atoms with Crippen molar-refractivity contribution in [2.75, 3.05) is 6.61 Å². The lowest BCUT2D eigenvalue weighted by Crippen LogP contribution is -2.16. The maximum absolute atomic E-state index is 9.14. The van der Waals surface area contributed by atoms with Gasteiger partial charge in [-0.05, 0) is 30.1 Å². The number of hydrogen-bond donors (Lipinski definition) is 1. The highest BCUT2D eigenvalue weighted by atomic mass is 16.3. The Morgan fingerprint density at radius 1 is 1.14 bits per heavy atom. The topological polar surface area (TPSA) is 20.2 Å². The van der Waals surface area contributed by atoms with Gasteiger partial charge in [0.2, 0.25) is 0 Å². The molecule has 2 fully saturated rings. The van der Waals surface area contributed by atoms with Gasteiger partial charge in [0.25, 0.3) is 0 Å². The molecule has 2 rings (SSSR count). The van der Waals surface area contributed by atoms with Gasteiger partial charge in [0.05, 0.1) is 0 Å². The van der Waals surface area contributed by atoms with Crippen LogP contribution in [0.1, 0.15) is 47.0 Å². The molecule has 1 N–H and O–H groups in total. The third-order valence-corrected chi connectivity index (χ3v) is 4.07. The Hall–Kier alpha value is -0.300. The van der Waals surface area contributed by atoms with Gasteiger partial charge in [-0.15, -0.1) is 0 Å². The molecule has 0 aromatic rings. The van der Waals surface area contributed by atoms with Crippen LogP contribution in [0.2, 0.25) is 0 Å². The van der Waals surface area contributed by atoms with E-state index in [2.05, 4.69) is 27.7 Å². The SMILES string of the molecule is CC1(C)CCC(C)(C)C1=C1C[C@H]1CO. The van der Waals surface area contributed by atoms with E-state index in [1.54, 1.807) is 11.1 Å². The van der Waals surface area contributed by atoms with Crippen molar-refractivity contribution in [3.63, 3.8) is 0 Å². The molecule has 0 aliphatic heterocycles. The average Bonchev–Trinajstić information content (AvgIpc) is 2.76.